The van der Waals surface area contributed by atoms with Crippen LogP contribution in [0, 0.1) is 5.92 Å². The number of halogens is 1. The summed E-state index contributed by atoms with van der Waals surface area (Å²) in [7, 11) is 0. The Labute approximate surface area is 220 Å². The molecule has 1 heterocycles. The van der Waals surface area contributed by atoms with E-state index in [0.29, 0.717) is 0 Å². The molecule has 0 bridgehead atoms. The van der Waals surface area contributed by atoms with Gasteiger partial charge in [-0.05, 0) is 39.2 Å². The molecule has 0 saturated heterocycles. The first-order chi connectivity index (χ1) is 16.8. The number of hydrogen-bond donors (Lipinski definition) is 0. The van der Waals surface area contributed by atoms with Crippen LogP contribution < -0.4 is 0 Å². The smallest absolute Gasteiger partial charge is 0.112 e. The van der Waals surface area contributed by atoms with Crippen molar-refractivity contribution in [1.82, 2.24) is 8.75 Å². The molecule has 0 aliphatic heterocycles. The zero-order valence-electron chi connectivity index (χ0n) is 21.6. The summed E-state index contributed by atoms with van der Waals surface area (Å²) in [4.78, 5) is 0. The minimum atomic E-state index is 0.744. The third kappa shape index (κ3) is 8.29. The Morgan fingerprint density at radius 2 is 1.18 bits per heavy atom. The average molecular weight is 546 g/mol. The maximum atomic E-state index is 4.76. The number of nitrogens with zero attached hydrogens (tertiary/aromatic N) is 2. The summed E-state index contributed by atoms with van der Waals surface area (Å²) in [6, 6.07) is 8.65. The van der Waals surface area contributed by atoms with Gasteiger partial charge in [-0.25, -0.2) is 0 Å². The van der Waals surface area contributed by atoms with Gasteiger partial charge in [0, 0.05) is 9.86 Å². The lowest BCUT2D eigenvalue weighted by Crippen LogP contribution is -2.07. The molecule has 3 aromatic rings. The van der Waals surface area contributed by atoms with Crippen LogP contribution in [0.1, 0.15) is 122 Å². The zero-order valence-corrected chi connectivity index (χ0v) is 24.0. The van der Waals surface area contributed by atoms with E-state index in [1.54, 1.807) is 0 Å². The lowest BCUT2D eigenvalue weighted by Gasteiger charge is -2.19. The van der Waals surface area contributed by atoms with E-state index in [1.807, 2.05) is 0 Å². The topological polar surface area (TPSA) is 25.8 Å². The average Bonchev–Trinajstić information content (AvgIpc) is 3.35. The molecule has 0 aliphatic carbocycles. The maximum Gasteiger partial charge on any atom is 0.112 e. The van der Waals surface area contributed by atoms with Gasteiger partial charge in [-0.2, -0.15) is 8.75 Å². The summed E-state index contributed by atoms with van der Waals surface area (Å²) in [6.07, 6.45) is 23.3. The third-order valence-electron chi connectivity index (χ3n) is 7.38. The molecule has 1 aromatic heterocycles. The Bertz CT molecular complexity index is 967. The number of hydrogen-bond acceptors (Lipinski definition) is 3. The highest BCUT2D eigenvalue weighted by Gasteiger charge is 2.19. The summed E-state index contributed by atoms with van der Waals surface area (Å²) in [5.74, 6) is 0.744. The van der Waals surface area contributed by atoms with Crippen LogP contribution in [-0.4, -0.2) is 8.75 Å². The van der Waals surface area contributed by atoms with Gasteiger partial charge in [0.1, 0.15) is 11.0 Å². The summed E-state index contributed by atoms with van der Waals surface area (Å²) < 4.78 is 10.7. The predicted molar refractivity (Wildman–Crippen MR) is 155 cm³/mol. The molecule has 0 radical (unpaired) electrons. The van der Waals surface area contributed by atoms with E-state index < -0.39 is 0 Å². The van der Waals surface area contributed by atoms with Gasteiger partial charge < -0.3 is 0 Å². The largest absolute Gasteiger partial charge is 0.173 e. The highest BCUT2D eigenvalue weighted by atomic mass is 79.9. The van der Waals surface area contributed by atoms with Crippen LogP contribution in [0.4, 0.5) is 0 Å². The maximum absolute atomic E-state index is 4.76. The number of fused-ring (bicyclic) bond motifs is 3. The van der Waals surface area contributed by atoms with E-state index in [4.69, 9.17) is 4.37 Å². The van der Waals surface area contributed by atoms with Crippen LogP contribution in [0.3, 0.4) is 0 Å². The highest BCUT2D eigenvalue weighted by molar-refractivity contribution is 9.10. The van der Waals surface area contributed by atoms with Crippen molar-refractivity contribution >= 4 is 49.5 Å². The van der Waals surface area contributed by atoms with E-state index in [1.165, 1.54) is 135 Å². The molecule has 1 atom stereocenters. The molecule has 1 unspecified atom stereocenters. The molecule has 0 aliphatic rings. The van der Waals surface area contributed by atoms with Crippen molar-refractivity contribution in [3.8, 4) is 0 Å². The van der Waals surface area contributed by atoms with Crippen molar-refractivity contribution in [2.75, 3.05) is 0 Å². The Balaban J connectivity index is 1.63. The summed E-state index contributed by atoms with van der Waals surface area (Å²) in [6.45, 7) is 4.60. The van der Waals surface area contributed by atoms with Crippen molar-refractivity contribution in [1.29, 1.82) is 0 Å². The normalized spacial score (nSPS) is 12.7. The zero-order chi connectivity index (χ0) is 24.0. The monoisotopic (exact) mass is 544 g/mol. The van der Waals surface area contributed by atoms with Crippen LogP contribution in [0.2, 0.25) is 0 Å². The lowest BCUT2D eigenvalue weighted by molar-refractivity contribution is 0.400. The quantitative estimate of drug-likeness (QED) is 0.149. The highest BCUT2D eigenvalue weighted by Crippen LogP contribution is 2.38. The lowest BCUT2D eigenvalue weighted by atomic mass is 9.87. The van der Waals surface area contributed by atoms with Gasteiger partial charge >= 0.3 is 0 Å². The third-order valence-corrected chi connectivity index (χ3v) is 8.82. The van der Waals surface area contributed by atoms with E-state index >= 15 is 0 Å². The number of aromatic nitrogens is 2. The fourth-order valence-corrected chi connectivity index (χ4v) is 6.60. The molecule has 0 fully saturated rings. The number of rotatable bonds is 18. The Kier molecular flexibility index (Phi) is 12.9. The number of unbranched alkanes of at least 4 members (excludes halogenated alkanes) is 12. The summed E-state index contributed by atoms with van der Waals surface area (Å²) >= 11 is 5.34. The SMILES string of the molecule is CCCCCCCCCCC(CCCCCCCC)Cc1c(Br)c2ccccc2c2nsnc12. The second-order valence-electron chi connectivity index (χ2n) is 10.2. The number of benzene rings is 2. The Morgan fingerprint density at radius 1 is 0.676 bits per heavy atom. The standard InChI is InChI=1S/C30H45BrN2S/c1-3-5-7-9-11-12-14-16-20-24(19-15-13-10-8-6-4-2)23-27-28(31)25-21-17-18-22-26(25)29-30(27)33-34-32-29/h17-18,21-22,24H,3-16,19-20,23H2,1-2H3. The van der Waals surface area contributed by atoms with Crippen molar-refractivity contribution < 1.29 is 0 Å². The van der Waals surface area contributed by atoms with Crippen LogP contribution in [0.15, 0.2) is 28.7 Å². The molecule has 0 amide bonds. The second-order valence-corrected chi connectivity index (χ2v) is 11.5. The summed E-state index contributed by atoms with van der Waals surface area (Å²) in [5.41, 5.74) is 3.60. The fourth-order valence-electron chi connectivity index (χ4n) is 5.31. The molecular weight excluding hydrogens is 500 g/mol. The first-order valence-electron chi connectivity index (χ1n) is 14.1. The van der Waals surface area contributed by atoms with Gasteiger partial charge in [-0.15, -0.1) is 0 Å². The van der Waals surface area contributed by atoms with Crippen LogP contribution >= 0.6 is 27.7 Å². The molecule has 2 nitrogen and oxygen atoms in total. The molecule has 0 N–H and O–H groups in total. The molecule has 34 heavy (non-hydrogen) atoms. The molecule has 0 saturated carbocycles. The van der Waals surface area contributed by atoms with Crippen LogP contribution in [0.5, 0.6) is 0 Å². The molecule has 0 spiro atoms. The summed E-state index contributed by atoms with van der Waals surface area (Å²) in [5, 5.41) is 2.50. The first-order valence-corrected chi connectivity index (χ1v) is 15.6. The van der Waals surface area contributed by atoms with Gasteiger partial charge in [-0.1, -0.05) is 141 Å². The van der Waals surface area contributed by atoms with E-state index in [9.17, 15) is 0 Å². The van der Waals surface area contributed by atoms with Gasteiger partial charge in [0.05, 0.1) is 11.7 Å². The molecular formula is C30H45BrN2S. The van der Waals surface area contributed by atoms with E-state index in [0.717, 1.165) is 23.4 Å². The van der Waals surface area contributed by atoms with Gasteiger partial charge in [0.25, 0.3) is 0 Å². The van der Waals surface area contributed by atoms with E-state index in [-0.39, 0.29) is 0 Å². The predicted octanol–water partition coefficient (Wildman–Crippen LogP) is 11.0. The Morgan fingerprint density at radius 3 is 1.76 bits per heavy atom. The molecule has 188 valence electrons. The molecule has 4 heteroatoms. The van der Waals surface area contributed by atoms with Gasteiger partial charge in [0.15, 0.2) is 0 Å². The Hall–Kier alpha value is -1.00. The van der Waals surface area contributed by atoms with Gasteiger partial charge in [-0.3, -0.25) is 0 Å². The van der Waals surface area contributed by atoms with Crippen LogP contribution in [-0.2, 0) is 6.42 Å². The van der Waals surface area contributed by atoms with E-state index in [2.05, 4.69) is 58.4 Å². The fraction of sp³-hybridized carbons (Fsp3) is 0.667. The van der Waals surface area contributed by atoms with Crippen LogP contribution in [0.25, 0.3) is 21.8 Å². The molecule has 2 aromatic carbocycles. The minimum Gasteiger partial charge on any atom is -0.173 e. The molecule has 3 rings (SSSR count). The van der Waals surface area contributed by atoms with Crippen molar-refractivity contribution in [2.45, 2.75) is 123 Å². The first kappa shape index (κ1) is 27.6. The van der Waals surface area contributed by atoms with Crippen molar-refractivity contribution in [3.05, 3.63) is 34.3 Å². The van der Waals surface area contributed by atoms with Crippen molar-refractivity contribution in [2.24, 2.45) is 5.92 Å². The second kappa shape index (κ2) is 15.9. The van der Waals surface area contributed by atoms with Crippen molar-refractivity contribution in [3.63, 3.8) is 0 Å². The van der Waals surface area contributed by atoms with Gasteiger partial charge in [0.2, 0.25) is 0 Å². The minimum absolute atomic E-state index is 0.744.